The van der Waals surface area contributed by atoms with Crippen molar-refractivity contribution in [1.29, 1.82) is 0 Å². The van der Waals surface area contributed by atoms with E-state index >= 15 is 0 Å². The zero-order chi connectivity index (χ0) is 14.1. The first-order chi connectivity index (χ1) is 9.74. The Morgan fingerprint density at radius 2 is 2.10 bits per heavy atom. The van der Waals surface area contributed by atoms with Crippen molar-refractivity contribution < 1.29 is 0 Å². The van der Waals surface area contributed by atoms with Crippen molar-refractivity contribution in [3.8, 4) is 0 Å². The molecule has 0 N–H and O–H groups in total. The number of alkyl halides is 1. The van der Waals surface area contributed by atoms with E-state index in [4.69, 9.17) is 16.6 Å². The molecule has 1 aliphatic rings. The number of aryl methyl sites for hydroxylation is 2. The molecule has 2 aromatic rings. The highest BCUT2D eigenvalue weighted by atomic mass is 35.5. The molecule has 4 nitrogen and oxygen atoms in total. The second-order valence-corrected chi connectivity index (χ2v) is 6.92. The van der Waals surface area contributed by atoms with E-state index in [9.17, 15) is 0 Å². The van der Waals surface area contributed by atoms with Crippen molar-refractivity contribution in [1.82, 2.24) is 19.3 Å². The van der Waals surface area contributed by atoms with Gasteiger partial charge in [0, 0.05) is 13.6 Å². The fourth-order valence-corrected chi connectivity index (χ4v) is 4.41. The summed E-state index contributed by atoms with van der Waals surface area (Å²) in [6, 6.07) is 0. The molecule has 0 aliphatic carbocycles. The fraction of sp³-hybridized carbons (Fsp3) is 0.714. The molecule has 3 heterocycles. The van der Waals surface area contributed by atoms with Crippen molar-refractivity contribution in [3.05, 3.63) is 11.5 Å². The zero-order valence-corrected chi connectivity index (χ0v) is 13.7. The van der Waals surface area contributed by atoms with Crippen LogP contribution in [0, 0.1) is 5.92 Å². The Balaban J connectivity index is 2.00. The summed E-state index contributed by atoms with van der Waals surface area (Å²) < 4.78 is 4.27. The molecule has 6 heteroatoms. The number of thioether (sulfide) groups is 1. The smallest absolute Gasteiger partial charge is 0.158 e. The number of nitrogens with zero attached hydrogens (tertiary/aromatic N) is 4. The predicted molar refractivity (Wildman–Crippen MR) is 85.5 cm³/mol. The predicted octanol–water partition coefficient (Wildman–Crippen LogP) is 3.21. The summed E-state index contributed by atoms with van der Waals surface area (Å²) in [6.07, 6.45) is 3.51. The summed E-state index contributed by atoms with van der Waals surface area (Å²) in [5, 5.41) is 4.58. The summed E-state index contributed by atoms with van der Waals surface area (Å²) in [5.41, 5.74) is 3.25. The van der Waals surface area contributed by atoms with Crippen LogP contribution >= 0.6 is 23.4 Å². The summed E-state index contributed by atoms with van der Waals surface area (Å²) in [6.45, 7) is 3.15. The Kier molecular flexibility index (Phi) is 4.26. The molecule has 0 bridgehead atoms. The van der Waals surface area contributed by atoms with Crippen LogP contribution in [-0.4, -0.2) is 30.8 Å². The molecular weight excluding hydrogens is 292 g/mol. The molecule has 0 radical (unpaired) electrons. The third-order valence-electron chi connectivity index (χ3n) is 4.11. The van der Waals surface area contributed by atoms with E-state index in [1.54, 1.807) is 0 Å². The Morgan fingerprint density at radius 1 is 1.35 bits per heavy atom. The molecule has 1 fully saturated rings. The summed E-state index contributed by atoms with van der Waals surface area (Å²) >= 11 is 8.18. The van der Waals surface area contributed by atoms with Gasteiger partial charge in [-0.05, 0) is 36.7 Å². The molecule has 1 aliphatic heterocycles. The average molecular weight is 313 g/mol. The van der Waals surface area contributed by atoms with Crippen LogP contribution in [0.2, 0.25) is 0 Å². The monoisotopic (exact) mass is 312 g/mol. The minimum Gasteiger partial charge on any atom is -0.312 e. The van der Waals surface area contributed by atoms with Gasteiger partial charge in [0.1, 0.15) is 11.3 Å². The molecule has 0 unspecified atom stereocenters. The zero-order valence-electron chi connectivity index (χ0n) is 12.1. The van der Waals surface area contributed by atoms with Crippen molar-refractivity contribution >= 4 is 34.5 Å². The Labute approximate surface area is 128 Å². The molecule has 0 aromatic carbocycles. The number of rotatable bonds is 4. The lowest BCUT2D eigenvalue weighted by atomic mass is 10.0. The topological polar surface area (TPSA) is 35.6 Å². The molecule has 110 valence electrons. The molecule has 0 atom stereocenters. The SMILES string of the molecule is CCc1nn(C)c2c1nc(CCl)n2CC1CCSCC1. The summed E-state index contributed by atoms with van der Waals surface area (Å²) in [4.78, 5) is 4.73. The standard InChI is InChI=1S/C14H21ClN4S/c1-3-11-13-14(18(2)17-11)19(12(8-15)16-13)9-10-4-6-20-7-5-10/h10H,3-9H2,1-2H3. The minimum absolute atomic E-state index is 0.472. The normalized spacial score (nSPS) is 17.1. The Bertz CT molecular complexity index is 598. The van der Waals surface area contributed by atoms with Gasteiger partial charge in [0.15, 0.2) is 5.65 Å². The highest BCUT2D eigenvalue weighted by molar-refractivity contribution is 7.99. The molecule has 0 spiro atoms. The van der Waals surface area contributed by atoms with Gasteiger partial charge in [-0.2, -0.15) is 16.9 Å². The second-order valence-electron chi connectivity index (χ2n) is 5.42. The highest BCUT2D eigenvalue weighted by Crippen LogP contribution is 2.28. The van der Waals surface area contributed by atoms with Gasteiger partial charge >= 0.3 is 0 Å². The lowest BCUT2D eigenvalue weighted by molar-refractivity contribution is 0.414. The van der Waals surface area contributed by atoms with Gasteiger partial charge in [0.2, 0.25) is 0 Å². The molecule has 0 amide bonds. The van der Waals surface area contributed by atoms with Crippen LogP contribution in [0.5, 0.6) is 0 Å². The molecule has 20 heavy (non-hydrogen) atoms. The first-order valence-electron chi connectivity index (χ1n) is 7.29. The van der Waals surface area contributed by atoms with Crippen LogP contribution < -0.4 is 0 Å². The van der Waals surface area contributed by atoms with Crippen LogP contribution in [0.4, 0.5) is 0 Å². The van der Waals surface area contributed by atoms with Gasteiger partial charge in [-0.3, -0.25) is 4.68 Å². The van der Waals surface area contributed by atoms with Crippen LogP contribution in [0.25, 0.3) is 11.2 Å². The third kappa shape index (κ3) is 2.46. The van der Waals surface area contributed by atoms with Crippen LogP contribution in [0.3, 0.4) is 0 Å². The van der Waals surface area contributed by atoms with E-state index in [1.165, 1.54) is 24.3 Å². The Morgan fingerprint density at radius 3 is 2.75 bits per heavy atom. The number of halogens is 1. The molecule has 0 saturated carbocycles. The summed E-state index contributed by atoms with van der Waals surface area (Å²) in [5.74, 6) is 4.77. The largest absolute Gasteiger partial charge is 0.312 e. The maximum atomic E-state index is 6.11. The molecule has 2 aromatic heterocycles. The van der Waals surface area contributed by atoms with E-state index in [-0.39, 0.29) is 0 Å². The lowest BCUT2D eigenvalue weighted by Crippen LogP contribution is -2.18. The van der Waals surface area contributed by atoms with Crippen LogP contribution in [-0.2, 0) is 25.9 Å². The van der Waals surface area contributed by atoms with E-state index in [2.05, 4.69) is 28.4 Å². The Hall–Kier alpha value is -0.680. The van der Waals surface area contributed by atoms with E-state index in [1.807, 2.05) is 11.7 Å². The molecular formula is C14H21ClN4S. The average Bonchev–Trinajstić information content (AvgIpc) is 2.98. The number of imidazole rings is 1. The van der Waals surface area contributed by atoms with Gasteiger partial charge < -0.3 is 4.57 Å². The van der Waals surface area contributed by atoms with Crippen LogP contribution in [0.1, 0.15) is 31.3 Å². The second kappa shape index (κ2) is 5.98. The number of aromatic nitrogens is 4. The van der Waals surface area contributed by atoms with Gasteiger partial charge in [-0.1, -0.05) is 6.92 Å². The summed E-state index contributed by atoms with van der Waals surface area (Å²) in [7, 11) is 2.01. The fourth-order valence-electron chi connectivity index (χ4n) is 3.01. The number of fused-ring (bicyclic) bond motifs is 1. The number of hydrogen-bond acceptors (Lipinski definition) is 3. The maximum absolute atomic E-state index is 6.11. The molecule has 1 saturated heterocycles. The van der Waals surface area contributed by atoms with E-state index in [0.717, 1.165) is 41.6 Å². The maximum Gasteiger partial charge on any atom is 0.158 e. The first-order valence-corrected chi connectivity index (χ1v) is 8.98. The number of hydrogen-bond donors (Lipinski definition) is 0. The van der Waals surface area contributed by atoms with Gasteiger partial charge in [-0.15, -0.1) is 11.6 Å². The van der Waals surface area contributed by atoms with E-state index in [0.29, 0.717) is 5.88 Å². The molecule has 3 rings (SSSR count). The van der Waals surface area contributed by atoms with Crippen molar-refractivity contribution in [3.63, 3.8) is 0 Å². The van der Waals surface area contributed by atoms with Crippen molar-refractivity contribution in [2.45, 2.75) is 38.6 Å². The van der Waals surface area contributed by atoms with Crippen molar-refractivity contribution in [2.75, 3.05) is 11.5 Å². The lowest BCUT2D eigenvalue weighted by Gasteiger charge is -2.22. The quantitative estimate of drug-likeness (QED) is 0.813. The highest BCUT2D eigenvalue weighted by Gasteiger charge is 2.21. The van der Waals surface area contributed by atoms with Gasteiger partial charge in [0.25, 0.3) is 0 Å². The van der Waals surface area contributed by atoms with Crippen molar-refractivity contribution in [2.24, 2.45) is 13.0 Å². The van der Waals surface area contributed by atoms with Crippen LogP contribution in [0.15, 0.2) is 0 Å². The van der Waals surface area contributed by atoms with Gasteiger partial charge in [0.05, 0.1) is 11.6 Å². The third-order valence-corrected chi connectivity index (χ3v) is 5.39. The first kappa shape index (κ1) is 14.3. The van der Waals surface area contributed by atoms with Gasteiger partial charge in [-0.25, -0.2) is 4.98 Å². The minimum atomic E-state index is 0.472. The van der Waals surface area contributed by atoms with E-state index < -0.39 is 0 Å².